The first-order chi connectivity index (χ1) is 13.8. The minimum absolute atomic E-state index is 0.00640. The molecule has 29 heavy (non-hydrogen) atoms. The molecule has 0 saturated carbocycles. The number of halogens is 1. The minimum atomic E-state index is -3.74. The van der Waals surface area contributed by atoms with Crippen LogP contribution in [0, 0.1) is 0 Å². The maximum Gasteiger partial charge on any atom is 0.340 e. The highest BCUT2D eigenvalue weighted by atomic mass is 35.5. The van der Waals surface area contributed by atoms with Crippen molar-refractivity contribution in [3.63, 3.8) is 0 Å². The quantitative estimate of drug-likeness (QED) is 0.465. The van der Waals surface area contributed by atoms with Crippen LogP contribution in [-0.2, 0) is 19.6 Å². The minimum Gasteiger partial charge on any atom is -0.452 e. The van der Waals surface area contributed by atoms with E-state index in [1.54, 1.807) is 0 Å². The van der Waals surface area contributed by atoms with Crippen LogP contribution in [-0.4, -0.2) is 56.9 Å². The Hall–Kier alpha value is -2.17. The van der Waals surface area contributed by atoms with E-state index >= 15 is 0 Å². The third-order valence-electron chi connectivity index (χ3n) is 4.26. The molecule has 1 aliphatic heterocycles. The molecule has 2 rings (SSSR count). The molecule has 0 aromatic heterocycles. The Morgan fingerprint density at radius 1 is 1.21 bits per heavy atom. The summed E-state index contributed by atoms with van der Waals surface area (Å²) >= 11 is 6.00. The van der Waals surface area contributed by atoms with Crippen LogP contribution < -0.4 is 10.6 Å². The lowest BCUT2D eigenvalue weighted by Gasteiger charge is -2.16. The van der Waals surface area contributed by atoms with Crippen molar-refractivity contribution in [2.24, 2.45) is 0 Å². The van der Waals surface area contributed by atoms with Gasteiger partial charge in [0.15, 0.2) is 6.61 Å². The van der Waals surface area contributed by atoms with E-state index in [2.05, 4.69) is 5.32 Å². The number of urea groups is 1. The highest BCUT2D eigenvalue weighted by molar-refractivity contribution is 7.89. The Morgan fingerprint density at radius 3 is 2.55 bits per heavy atom. The van der Waals surface area contributed by atoms with Crippen LogP contribution in [0.25, 0.3) is 0 Å². The average molecular weight is 446 g/mol. The molecule has 0 atom stereocenters. The predicted octanol–water partition coefficient (Wildman–Crippen LogP) is 1.91. The van der Waals surface area contributed by atoms with Gasteiger partial charge in [0.25, 0.3) is 5.91 Å². The van der Waals surface area contributed by atoms with Gasteiger partial charge in [0, 0.05) is 19.6 Å². The molecular formula is C18H24ClN3O6S. The average Bonchev–Trinajstić information content (AvgIpc) is 3.22. The molecule has 3 amide bonds. The van der Waals surface area contributed by atoms with Crippen LogP contribution in [0.1, 0.15) is 43.0 Å². The van der Waals surface area contributed by atoms with Crippen molar-refractivity contribution in [1.82, 2.24) is 14.9 Å². The summed E-state index contributed by atoms with van der Waals surface area (Å²) in [6, 6.07) is 3.06. The van der Waals surface area contributed by atoms with Gasteiger partial charge in [-0.3, -0.25) is 10.1 Å². The number of carbonyl (C=O) groups is 3. The molecule has 160 valence electrons. The highest BCUT2D eigenvalue weighted by Gasteiger charge is 2.28. The fourth-order valence-corrected chi connectivity index (χ4v) is 4.43. The molecule has 1 saturated heterocycles. The van der Waals surface area contributed by atoms with E-state index in [1.807, 2.05) is 12.2 Å². The Kier molecular flexibility index (Phi) is 8.42. The van der Waals surface area contributed by atoms with Gasteiger partial charge in [0.1, 0.15) is 0 Å². The second-order valence-corrected chi connectivity index (χ2v) is 8.83. The summed E-state index contributed by atoms with van der Waals surface area (Å²) in [6.07, 6.45) is 3.22. The van der Waals surface area contributed by atoms with Gasteiger partial charge in [-0.25, -0.2) is 18.0 Å². The number of benzene rings is 1. The van der Waals surface area contributed by atoms with Crippen molar-refractivity contribution >= 4 is 39.5 Å². The molecule has 1 aromatic carbocycles. The molecule has 0 bridgehead atoms. The van der Waals surface area contributed by atoms with Gasteiger partial charge in [0.2, 0.25) is 10.0 Å². The number of hydrogen-bond acceptors (Lipinski definition) is 6. The monoisotopic (exact) mass is 445 g/mol. The number of nitrogens with one attached hydrogen (secondary N) is 2. The first-order valence-corrected chi connectivity index (χ1v) is 11.1. The first-order valence-electron chi connectivity index (χ1n) is 9.30. The summed E-state index contributed by atoms with van der Waals surface area (Å²) in [6.45, 7) is 2.51. The van der Waals surface area contributed by atoms with Crippen LogP contribution in [0.4, 0.5) is 4.79 Å². The zero-order chi connectivity index (χ0) is 21.4. The van der Waals surface area contributed by atoms with Crippen LogP contribution in [0.2, 0.25) is 5.02 Å². The molecule has 1 aliphatic rings. The van der Waals surface area contributed by atoms with Gasteiger partial charge in [-0.2, -0.15) is 4.31 Å². The van der Waals surface area contributed by atoms with Crippen molar-refractivity contribution in [3.05, 3.63) is 28.8 Å². The van der Waals surface area contributed by atoms with Gasteiger partial charge >= 0.3 is 12.0 Å². The van der Waals surface area contributed by atoms with Crippen LogP contribution >= 0.6 is 11.6 Å². The molecule has 11 heteroatoms. The lowest BCUT2D eigenvalue weighted by Crippen LogP contribution is -2.41. The van der Waals surface area contributed by atoms with Crippen molar-refractivity contribution in [1.29, 1.82) is 0 Å². The van der Waals surface area contributed by atoms with Crippen LogP contribution in [0.15, 0.2) is 23.1 Å². The van der Waals surface area contributed by atoms with Gasteiger partial charge in [0.05, 0.1) is 15.5 Å². The molecule has 0 spiro atoms. The fraction of sp³-hybridized carbons (Fsp3) is 0.500. The van der Waals surface area contributed by atoms with Crippen molar-refractivity contribution in [2.75, 3.05) is 26.2 Å². The summed E-state index contributed by atoms with van der Waals surface area (Å²) in [5.41, 5.74) is -0.174. The number of unbranched alkanes of at least 4 members (excludes halogenated alkanes) is 1. The molecule has 0 unspecified atom stereocenters. The summed E-state index contributed by atoms with van der Waals surface area (Å²) in [5, 5.41) is 4.51. The van der Waals surface area contributed by atoms with Crippen molar-refractivity contribution < 1.29 is 27.5 Å². The molecule has 9 nitrogen and oxygen atoms in total. The number of rotatable bonds is 8. The molecular weight excluding hydrogens is 422 g/mol. The van der Waals surface area contributed by atoms with E-state index in [-0.39, 0.29) is 15.5 Å². The van der Waals surface area contributed by atoms with Crippen molar-refractivity contribution in [2.45, 2.75) is 37.5 Å². The highest BCUT2D eigenvalue weighted by Crippen LogP contribution is 2.25. The number of ether oxygens (including phenoxy) is 1. The summed E-state index contributed by atoms with van der Waals surface area (Å²) in [4.78, 5) is 35.4. The Bertz CT molecular complexity index is 868. The molecule has 0 radical (unpaired) electrons. The second-order valence-electron chi connectivity index (χ2n) is 6.49. The van der Waals surface area contributed by atoms with E-state index < -0.39 is 34.5 Å². The van der Waals surface area contributed by atoms with Crippen LogP contribution in [0.3, 0.4) is 0 Å². The van der Waals surface area contributed by atoms with Crippen molar-refractivity contribution in [3.8, 4) is 0 Å². The third kappa shape index (κ3) is 6.41. The largest absolute Gasteiger partial charge is 0.452 e. The maximum atomic E-state index is 12.6. The molecule has 1 heterocycles. The third-order valence-corrected chi connectivity index (χ3v) is 6.49. The van der Waals surface area contributed by atoms with Gasteiger partial charge in [-0.1, -0.05) is 24.9 Å². The summed E-state index contributed by atoms with van der Waals surface area (Å²) in [5.74, 6) is -1.78. The number of amides is 3. The fourth-order valence-electron chi connectivity index (χ4n) is 2.69. The van der Waals surface area contributed by atoms with Gasteiger partial charge in [-0.15, -0.1) is 0 Å². The number of hydrogen-bond donors (Lipinski definition) is 2. The summed E-state index contributed by atoms with van der Waals surface area (Å²) in [7, 11) is -3.74. The number of imide groups is 1. The maximum absolute atomic E-state index is 12.6. The molecule has 0 aliphatic carbocycles. The van der Waals surface area contributed by atoms with E-state index in [4.69, 9.17) is 16.3 Å². The first kappa shape index (κ1) is 23.1. The molecule has 2 N–H and O–H groups in total. The smallest absolute Gasteiger partial charge is 0.340 e. The number of nitrogens with zero attached hydrogens (tertiary/aromatic N) is 1. The van der Waals surface area contributed by atoms with Gasteiger partial charge < -0.3 is 10.1 Å². The van der Waals surface area contributed by atoms with E-state index in [0.29, 0.717) is 19.6 Å². The topological polar surface area (TPSA) is 122 Å². The van der Waals surface area contributed by atoms with E-state index in [1.165, 1.54) is 16.4 Å². The normalized spacial score (nSPS) is 14.4. The Balaban J connectivity index is 1.98. The second kappa shape index (κ2) is 10.6. The lowest BCUT2D eigenvalue weighted by atomic mass is 10.2. The number of carbonyl (C=O) groups excluding carboxylic acids is 3. The molecule has 1 fully saturated rings. The van der Waals surface area contributed by atoms with Gasteiger partial charge in [-0.05, 0) is 37.5 Å². The van der Waals surface area contributed by atoms with E-state index in [9.17, 15) is 22.8 Å². The van der Waals surface area contributed by atoms with E-state index in [0.717, 1.165) is 31.7 Å². The zero-order valence-electron chi connectivity index (χ0n) is 16.1. The number of sulfonamides is 1. The zero-order valence-corrected chi connectivity index (χ0v) is 17.6. The lowest BCUT2D eigenvalue weighted by molar-refractivity contribution is -0.123. The predicted molar refractivity (Wildman–Crippen MR) is 106 cm³/mol. The summed E-state index contributed by atoms with van der Waals surface area (Å²) < 4.78 is 31.5. The Morgan fingerprint density at radius 2 is 1.90 bits per heavy atom. The molecule has 1 aromatic rings. The SMILES string of the molecule is CCCCNC(=O)NC(=O)COC(=O)c1cc(S(=O)(=O)N2CCCC2)ccc1Cl. The Labute approximate surface area is 174 Å². The number of esters is 1. The van der Waals surface area contributed by atoms with Crippen LogP contribution in [0.5, 0.6) is 0 Å². The standard InChI is InChI=1S/C18H24ClN3O6S/c1-2-3-8-20-18(25)21-16(23)12-28-17(24)14-11-13(6-7-15(14)19)29(26,27)22-9-4-5-10-22/h6-7,11H,2-5,8-10,12H2,1H3,(H2,20,21,23,25).